The summed E-state index contributed by atoms with van der Waals surface area (Å²) >= 11 is 0. The van der Waals surface area contributed by atoms with Gasteiger partial charge >= 0.3 is 0 Å². The summed E-state index contributed by atoms with van der Waals surface area (Å²) in [7, 11) is 0. The van der Waals surface area contributed by atoms with Crippen LogP contribution in [-0.2, 0) is 10.8 Å². The van der Waals surface area contributed by atoms with Crippen LogP contribution in [0.2, 0.25) is 0 Å². The Hall–Kier alpha value is -2.58. The molecule has 32 heavy (non-hydrogen) atoms. The van der Waals surface area contributed by atoms with E-state index in [4.69, 9.17) is 5.73 Å². The molecule has 2 N–H and O–H groups in total. The fourth-order valence-electron chi connectivity index (χ4n) is 3.56. The summed E-state index contributed by atoms with van der Waals surface area (Å²) in [5.74, 6) is 0. The van der Waals surface area contributed by atoms with Gasteiger partial charge in [0.15, 0.2) is 0 Å². The maximum atomic E-state index is 4.85. The van der Waals surface area contributed by atoms with Crippen LogP contribution in [0.25, 0.3) is 0 Å². The average Bonchev–Trinajstić information content (AvgIpc) is 2.81. The van der Waals surface area contributed by atoms with Gasteiger partial charge in [-0.25, -0.2) is 0 Å². The van der Waals surface area contributed by atoms with Crippen LogP contribution in [0.4, 0.5) is 17.1 Å². The van der Waals surface area contributed by atoms with E-state index in [0.29, 0.717) is 0 Å². The first-order valence-electron chi connectivity index (χ1n) is 12.0. The van der Waals surface area contributed by atoms with E-state index in [0.717, 1.165) is 19.4 Å². The molecule has 0 amide bonds. The maximum Gasteiger partial charge on any atom is 0.0461 e. The van der Waals surface area contributed by atoms with Crippen LogP contribution in [0.5, 0.6) is 0 Å². The number of rotatable bonds is 7. The summed E-state index contributed by atoms with van der Waals surface area (Å²) in [6.07, 6.45) is 2.26. The zero-order valence-electron chi connectivity index (χ0n) is 21.2. The Morgan fingerprint density at radius 2 is 0.875 bits per heavy atom. The van der Waals surface area contributed by atoms with E-state index in [-0.39, 0.29) is 10.8 Å². The molecule has 0 atom stereocenters. The molecular formula is C30H42N2. The fraction of sp³-hybridized carbons (Fsp3) is 0.400. The van der Waals surface area contributed by atoms with Crippen molar-refractivity contribution in [2.45, 2.75) is 72.1 Å². The molecule has 0 saturated carbocycles. The molecule has 2 nitrogen and oxygen atoms in total. The zero-order chi connectivity index (χ0) is 23.8. The van der Waals surface area contributed by atoms with Crippen LogP contribution >= 0.6 is 0 Å². The first-order chi connectivity index (χ1) is 15.2. The lowest BCUT2D eigenvalue weighted by Gasteiger charge is -2.29. The molecule has 0 aliphatic carbocycles. The van der Waals surface area contributed by atoms with E-state index in [9.17, 15) is 0 Å². The van der Waals surface area contributed by atoms with Gasteiger partial charge in [-0.1, -0.05) is 90.9 Å². The number of hydrogen-bond acceptors (Lipinski definition) is 2. The molecule has 2 heteroatoms. The highest BCUT2D eigenvalue weighted by Gasteiger charge is 2.20. The summed E-state index contributed by atoms with van der Waals surface area (Å²) in [6, 6.07) is 28.8. The third-order valence-corrected chi connectivity index (χ3v) is 6.60. The maximum absolute atomic E-state index is 4.85. The van der Waals surface area contributed by atoms with Crippen LogP contribution in [0.1, 0.15) is 72.4 Å². The van der Waals surface area contributed by atoms with Gasteiger partial charge in [0, 0.05) is 17.1 Å². The van der Waals surface area contributed by atoms with Crippen LogP contribution in [-0.4, -0.2) is 6.54 Å². The molecule has 0 aliphatic heterocycles. The Morgan fingerprint density at radius 1 is 0.562 bits per heavy atom. The Balaban J connectivity index is 0.00000114. The van der Waals surface area contributed by atoms with Gasteiger partial charge in [-0.2, -0.15) is 0 Å². The first kappa shape index (κ1) is 25.7. The third kappa shape index (κ3) is 6.23. The molecule has 0 saturated heterocycles. The second-order valence-electron chi connectivity index (χ2n) is 9.65. The summed E-state index contributed by atoms with van der Waals surface area (Å²) in [5, 5.41) is 0. The molecule has 3 aromatic rings. The molecule has 3 rings (SSSR count). The van der Waals surface area contributed by atoms with Crippen LogP contribution in [0.3, 0.4) is 0 Å². The van der Waals surface area contributed by atoms with E-state index >= 15 is 0 Å². The van der Waals surface area contributed by atoms with Crippen molar-refractivity contribution in [1.82, 2.24) is 0 Å². The smallest absolute Gasteiger partial charge is 0.0461 e. The van der Waals surface area contributed by atoms with Crippen LogP contribution in [0, 0.1) is 0 Å². The largest absolute Gasteiger partial charge is 0.331 e. The lowest BCUT2D eigenvalue weighted by atomic mass is 9.82. The molecule has 172 valence electrons. The summed E-state index contributed by atoms with van der Waals surface area (Å²) in [4.78, 5) is 2.34. The predicted molar refractivity (Wildman–Crippen MR) is 142 cm³/mol. The quantitative estimate of drug-likeness (QED) is 0.407. The number of anilines is 3. The second kappa shape index (κ2) is 11.3. The topological polar surface area (TPSA) is 29.3 Å². The number of nitrogens with zero attached hydrogens (tertiary/aromatic N) is 1. The molecule has 0 bridgehead atoms. The Kier molecular flexibility index (Phi) is 9.09. The van der Waals surface area contributed by atoms with Crippen molar-refractivity contribution >= 4 is 17.1 Å². The summed E-state index contributed by atoms with van der Waals surface area (Å²) < 4.78 is 0. The molecule has 0 aromatic heterocycles. The molecule has 0 fully saturated rings. The Labute approximate surface area is 196 Å². The molecular weight excluding hydrogens is 388 g/mol. The molecule has 0 spiro atoms. The monoisotopic (exact) mass is 430 g/mol. The predicted octanol–water partition coefficient (Wildman–Crippen LogP) is 8.50. The number of hydrogen-bond donors (Lipinski definition) is 1. The van der Waals surface area contributed by atoms with E-state index in [1.54, 1.807) is 0 Å². The van der Waals surface area contributed by atoms with Crippen molar-refractivity contribution in [3.05, 3.63) is 90.0 Å². The molecule has 3 aromatic carbocycles. The van der Waals surface area contributed by atoms with Crippen molar-refractivity contribution in [3.63, 3.8) is 0 Å². The first-order valence-corrected chi connectivity index (χ1v) is 12.0. The average molecular weight is 431 g/mol. The molecule has 0 unspecified atom stereocenters. The number of para-hydroxylation sites is 1. The third-order valence-electron chi connectivity index (χ3n) is 6.60. The van der Waals surface area contributed by atoms with Gasteiger partial charge in [-0.15, -0.1) is 0 Å². The minimum absolute atomic E-state index is 0.198. The Bertz CT molecular complexity index is 863. The number of nitrogens with two attached hydrogens (primary N) is 1. The van der Waals surface area contributed by atoms with Crippen molar-refractivity contribution in [1.29, 1.82) is 0 Å². The highest BCUT2D eigenvalue weighted by Crippen LogP contribution is 2.37. The van der Waals surface area contributed by atoms with Crippen molar-refractivity contribution < 1.29 is 0 Å². The van der Waals surface area contributed by atoms with E-state index in [1.165, 1.54) is 28.2 Å². The highest BCUT2D eigenvalue weighted by atomic mass is 15.1. The normalized spacial score (nSPS) is 11.5. The van der Waals surface area contributed by atoms with E-state index < -0.39 is 0 Å². The fourth-order valence-corrected chi connectivity index (χ4v) is 3.56. The van der Waals surface area contributed by atoms with Crippen molar-refractivity contribution in [3.8, 4) is 0 Å². The van der Waals surface area contributed by atoms with E-state index in [1.807, 2.05) is 6.92 Å². The van der Waals surface area contributed by atoms with Gasteiger partial charge in [0.2, 0.25) is 0 Å². The van der Waals surface area contributed by atoms with Gasteiger partial charge in [-0.05, 0) is 77.7 Å². The zero-order valence-corrected chi connectivity index (χ0v) is 21.2. The Morgan fingerprint density at radius 3 is 1.19 bits per heavy atom. The van der Waals surface area contributed by atoms with Crippen LogP contribution in [0.15, 0.2) is 78.9 Å². The number of benzene rings is 3. The van der Waals surface area contributed by atoms with Gasteiger partial charge < -0.3 is 10.6 Å². The standard InChI is InChI=1S/C28H35N.C2H7N/c1-7-27(3,4)22-14-18-25(19-15-22)29(24-12-10-9-11-13-24)26-20-16-23(17-21-26)28(5,6)8-2;1-2-3/h9-21H,7-8H2,1-6H3;2-3H2,1H3. The van der Waals surface area contributed by atoms with Crippen molar-refractivity contribution in [2.24, 2.45) is 5.73 Å². The lowest BCUT2D eigenvalue weighted by molar-refractivity contribution is 0.506. The summed E-state index contributed by atoms with van der Waals surface area (Å²) in [5.41, 5.74) is 11.6. The minimum atomic E-state index is 0.198. The minimum Gasteiger partial charge on any atom is -0.331 e. The van der Waals surface area contributed by atoms with Crippen molar-refractivity contribution in [2.75, 3.05) is 11.4 Å². The van der Waals surface area contributed by atoms with Gasteiger partial charge in [0.1, 0.15) is 0 Å². The lowest BCUT2D eigenvalue weighted by Crippen LogP contribution is -2.17. The van der Waals surface area contributed by atoms with Gasteiger partial charge in [0.05, 0.1) is 0 Å². The van der Waals surface area contributed by atoms with Crippen LogP contribution < -0.4 is 10.6 Å². The SMILES string of the molecule is CCC(C)(C)c1ccc(N(c2ccccc2)c2ccc(C(C)(C)CC)cc2)cc1.CCN. The highest BCUT2D eigenvalue weighted by molar-refractivity contribution is 5.76. The second-order valence-corrected chi connectivity index (χ2v) is 9.65. The molecule has 0 radical (unpaired) electrons. The van der Waals surface area contributed by atoms with Gasteiger partial charge in [-0.3, -0.25) is 0 Å². The molecule has 0 heterocycles. The molecule has 0 aliphatic rings. The van der Waals surface area contributed by atoms with E-state index in [2.05, 4.69) is 125 Å². The van der Waals surface area contributed by atoms with Gasteiger partial charge in [0.25, 0.3) is 0 Å². The summed E-state index contributed by atoms with van der Waals surface area (Å²) in [6.45, 7) is 16.4.